The fourth-order valence-electron chi connectivity index (χ4n) is 1.93. The molecule has 0 bridgehead atoms. The summed E-state index contributed by atoms with van der Waals surface area (Å²) in [6, 6.07) is 11.9. The minimum atomic E-state index is 0.445. The largest absolute Gasteiger partial charge is 0.310 e. The van der Waals surface area contributed by atoms with Crippen molar-refractivity contribution in [1.29, 1.82) is 0 Å². The van der Waals surface area contributed by atoms with Crippen LogP contribution in [0.2, 0.25) is 15.1 Å². The van der Waals surface area contributed by atoms with Gasteiger partial charge in [0, 0.05) is 33.2 Å². The van der Waals surface area contributed by atoms with Crippen LogP contribution in [0.1, 0.15) is 19.4 Å². The highest BCUT2D eigenvalue weighted by Gasteiger charge is 2.07. The second-order valence-electron chi connectivity index (χ2n) is 5.01. The van der Waals surface area contributed by atoms with Crippen LogP contribution in [-0.2, 0) is 6.54 Å². The second-order valence-corrected chi connectivity index (χ2v) is 6.29. The Balaban J connectivity index is 2.29. The molecule has 0 amide bonds. The highest BCUT2D eigenvalue weighted by molar-refractivity contribution is 6.36. The zero-order valence-corrected chi connectivity index (χ0v) is 13.7. The number of benzene rings is 2. The minimum Gasteiger partial charge on any atom is -0.310 e. The Hall–Kier alpha value is -0.730. The fraction of sp³-hybridized carbons (Fsp3) is 0.250. The normalized spacial score (nSPS) is 11.1. The molecule has 0 aliphatic carbocycles. The lowest BCUT2D eigenvalue weighted by Crippen LogP contribution is -2.21. The molecule has 0 saturated carbocycles. The Morgan fingerprint density at radius 3 is 2.15 bits per heavy atom. The molecule has 0 saturated heterocycles. The molecule has 106 valence electrons. The van der Waals surface area contributed by atoms with E-state index in [0.29, 0.717) is 21.1 Å². The van der Waals surface area contributed by atoms with Crippen molar-refractivity contribution in [3.05, 3.63) is 57.0 Å². The molecule has 0 aromatic heterocycles. The SMILES string of the molecule is CC(C)NCc1ccc(-c2cc(Cl)cc(Cl)c2)c(Cl)c1. The molecule has 2 aromatic carbocycles. The number of hydrogen-bond donors (Lipinski definition) is 1. The van der Waals surface area contributed by atoms with Crippen molar-refractivity contribution in [2.45, 2.75) is 26.4 Å². The first-order valence-electron chi connectivity index (χ1n) is 6.44. The quantitative estimate of drug-likeness (QED) is 0.746. The van der Waals surface area contributed by atoms with Crippen LogP contribution in [-0.4, -0.2) is 6.04 Å². The van der Waals surface area contributed by atoms with E-state index in [0.717, 1.165) is 23.2 Å². The summed E-state index contributed by atoms with van der Waals surface area (Å²) in [4.78, 5) is 0. The van der Waals surface area contributed by atoms with Gasteiger partial charge in [0.2, 0.25) is 0 Å². The molecule has 0 spiro atoms. The fourth-order valence-corrected chi connectivity index (χ4v) is 2.77. The van der Waals surface area contributed by atoms with Gasteiger partial charge in [0.25, 0.3) is 0 Å². The summed E-state index contributed by atoms with van der Waals surface area (Å²) in [5.41, 5.74) is 3.01. The summed E-state index contributed by atoms with van der Waals surface area (Å²) in [5, 5.41) is 5.28. The third-order valence-corrected chi connectivity index (χ3v) is 3.67. The first-order valence-corrected chi connectivity index (χ1v) is 7.57. The number of nitrogens with one attached hydrogen (secondary N) is 1. The molecule has 1 nitrogen and oxygen atoms in total. The average Bonchev–Trinajstić information content (AvgIpc) is 2.35. The van der Waals surface area contributed by atoms with Gasteiger partial charge >= 0.3 is 0 Å². The zero-order valence-electron chi connectivity index (χ0n) is 11.4. The summed E-state index contributed by atoms with van der Waals surface area (Å²) < 4.78 is 0. The van der Waals surface area contributed by atoms with E-state index >= 15 is 0 Å². The summed E-state index contributed by atoms with van der Waals surface area (Å²) in [5.74, 6) is 0. The summed E-state index contributed by atoms with van der Waals surface area (Å²) in [7, 11) is 0. The third kappa shape index (κ3) is 4.13. The molecule has 0 fully saturated rings. The smallest absolute Gasteiger partial charge is 0.0487 e. The van der Waals surface area contributed by atoms with Crippen molar-refractivity contribution >= 4 is 34.8 Å². The van der Waals surface area contributed by atoms with Crippen molar-refractivity contribution in [2.75, 3.05) is 0 Å². The van der Waals surface area contributed by atoms with Crippen molar-refractivity contribution in [2.24, 2.45) is 0 Å². The molecule has 0 aliphatic rings. The van der Waals surface area contributed by atoms with E-state index in [4.69, 9.17) is 34.8 Å². The minimum absolute atomic E-state index is 0.445. The first kappa shape index (κ1) is 15.7. The Labute approximate surface area is 134 Å². The maximum absolute atomic E-state index is 6.37. The molecule has 0 radical (unpaired) electrons. The summed E-state index contributed by atoms with van der Waals surface area (Å²) in [6.07, 6.45) is 0. The lowest BCUT2D eigenvalue weighted by molar-refractivity contribution is 0.589. The van der Waals surface area contributed by atoms with Crippen LogP contribution in [0.3, 0.4) is 0 Å². The van der Waals surface area contributed by atoms with Crippen LogP contribution in [0.25, 0.3) is 11.1 Å². The molecule has 0 unspecified atom stereocenters. The van der Waals surface area contributed by atoms with Gasteiger partial charge in [-0.05, 0) is 35.4 Å². The number of rotatable bonds is 4. The van der Waals surface area contributed by atoms with Gasteiger partial charge in [-0.3, -0.25) is 0 Å². The molecule has 20 heavy (non-hydrogen) atoms. The highest BCUT2D eigenvalue weighted by Crippen LogP contribution is 2.32. The first-order chi connectivity index (χ1) is 9.45. The van der Waals surface area contributed by atoms with Gasteiger partial charge in [-0.15, -0.1) is 0 Å². The topological polar surface area (TPSA) is 12.0 Å². The van der Waals surface area contributed by atoms with Gasteiger partial charge in [0.15, 0.2) is 0 Å². The van der Waals surface area contributed by atoms with Crippen molar-refractivity contribution < 1.29 is 0 Å². The number of halogens is 3. The monoisotopic (exact) mass is 327 g/mol. The van der Waals surface area contributed by atoms with E-state index in [1.807, 2.05) is 24.3 Å². The van der Waals surface area contributed by atoms with E-state index in [9.17, 15) is 0 Å². The van der Waals surface area contributed by atoms with E-state index in [2.05, 4.69) is 25.2 Å². The summed E-state index contributed by atoms with van der Waals surface area (Å²) in [6.45, 7) is 5.03. The Kier molecular flexibility index (Phi) is 5.34. The van der Waals surface area contributed by atoms with Crippen LogP contribution in [0.4, 0.5) is 0 Å². The highest BCUT2D eigenvalue weighted by atomic mass is 35.5. The van der Waals surface area contributed by atoms with E-state index in [-0.39, 0.29) is 0 Å². The predicted octanol–water partition coefficient (Wildman–Crippen LogP) is 5.81. The van der Waals surface area contributed by atoms with Gasteiger partial charge in [0.1, 0.15) is 0 Å². The van der Waals surface area contributed by atoms with Crippen LogP contribution in [0.15, 0.2) is 36.4 Å². The van der Waals surface area contributed by atoms with Crippen molar-refractivity contribution in [3.63, 3.8) is 0 Å². The third-order valence-electron chi connectivity index (χ3n) is 2.92. The molecular formula is C16H16Cl3N. The van der Waals surface area contributed by atoms with Gasteiger partial charge < -0.3 is 5.32 Å². The van der Waals surface area contributed by atoms with Crippen LogP contribution in [0, 0.1) is 0 Å². The molecule has 0 heterocycles. The Morgan fingerprint density at radius 2 is 1.60 bits per heavy atom. The van der Waals surface area contributed by atoms with Crippen molar-refractivity contribution in [1.82, 2.24) is 5.32 Å². The lowest BCUT2D eigenvalue weighted by atomic mass is 10.0. The van der Waals surface area contributed by atoms with E-state index in [1.54, 1.807) is 6.07 Å². The molecule has 2 aromatic rings. The average molecular weight is 329 g/mol. The lowest BCUT2D eigenvalue weighted by Gasteiger charge is -2.11. The van der Waals surface area contributed by atoms with Crippen LogP contribution >= 0.6 is 34.8 Å². The van der Waals surface area contributed by atoms with E-state index in [1.165, 1.54) is 0 Å². The van der Waals surface area contributed by atoms with Gasteiger partial charge in [-0.25, -0.2) is 0 Å². The maximum atomic E-state index is 6.37. The molecule has 0 atom stereocenters. The Morgan fingerprint density at radius 1 is 0.950 bits per heavy atom. The number of hydrogen-bond acceptors (Lipinski definition) is 1. The molecule has 1 N–H and O–H groups in total. The predicted molar refractivity (Wildman–Crippen MR) is 88.9 cm³/mol. The molecule has 0 aliphatic heterocycles. The van der Waals surface area contributed by atoms with Crippen LogP contribution in [0.5, 0.6) is 0 Å². The Bertz CT molecular complexity index is 588. The molecular weight excluding hydrogens is 313 g/mol. The van der Waals surface area contributed by atoms with Gasteiger partial charge in [0.05, 0.1) is 0 Å². The maximum Gasteiger partial charge on any atom is 0.0487 e. The molecule has 2 rings (SSSR count). The van der Waals surface area contributed by atoms with Gasteiger partial charge in [-0.1, -0.05) is 60.8 Å². The standard InChI is InChI=1S/C16H16Cl3N/c1-10(2)20-9-11-3-4-15(16(19)5-11)12-6-13(17)8-14(18)7-12/h3-8,10,20H,9H2,1-2H3. The van der Waals surface area contributed by atoms with E-state index < -0.39 is 0 Å². The second kappa shape index (κ2) is 6.82. The molecule has 4 heteroatoms. The zero-order chi connectivity index (χ0) is 14.7. The van der Waals surface area contributed by atoms with Gasteiger partial charge in [-0.2, -0.15) is 0 Å². The summed E-state index contributed by atoms with van der Waals surface area (Å²) >= 11 is 18.4. The van der Waals surface area contributed by atoms with Crippen LogP contribution < -0.4 is 5.32 Å². The van der Waals surface area contributed by atoms with Crippen molar-refractivity contribution in [3.8, 4) is 11.1 Å².